The summed E-state index contributed by atoms with van der Waals surface area (Å²) in [5.41, 5.74) is 0. The lowest BCUT2D eigenvalue weighted by molar-refractivity contribution is -0.122. The van der Waals surface area contributed by atoms with Crippen molar-refractivity contribution in [2.75, 3.05) is 18.6 Å². The number of carbonyl (C=O) groups excluding carboxylic acids is 1. The molecule has 1 N–H and O–H groups in total. The van der Waals surface area contributed by atoms with E-state index in [9.17, 15) is 4.79 Å². The van der Waals surface area contributed by atoms with Gasteiger partial charge in [-0.1, -0.05) is 19.8 Å². The van der Waals surface area contributed by atoms with Crippen LogP contribution in [0, 0.1) is 5.92 Å². The van der Waals surface area contributed by atoms with E-state index in [-0.39, 0.29) is 6.04 Å². The first-order valence-electron chi connectivity index (χ1n) is 6.57. The Bertz CT molecular complexity index is 202. The fraction of sp³-hybridized carbons (Fsp3) is 0.923. The summed E-state index contributed by atoms with van der Waals surface area (Å²) in [7, 11) is 1.93. The average molecular weight is 243 g/mol. The van der Waals surface area contributed by atoms with Crippen LogP contribution in [0.1, 0.15) is 45.4 Å². The van der Waals surface area contributed by atoms with E-state index in [2.05, 4.69) is 12.2 Å². The van der Waals surface area contributed by atoms with Gasteiger partial charge >= 0.3 is 0 Å². The minimum atomic E-state index is 0.123. The topological polar surface area (TPSA) is 29.1 Å². The van der Waals surface area contributed by atoms with E-state index in [0.29, 0.717) is 11.7 Å². The molecular formula is C13H25NOS. The minimum Gasteiger partial charge on any atom is -0.310 e. The van der Waals surface area contributed by atoms with Gasteiger partial charge in [-0.3, -0.25) is 4.79 Å². The van der Waals surface area contributed by atoms with Crippen LogP contribution in [0.3, 0.4) is 0 Å². The van der Waals surface area contributed by atoms with Crippen LogP contribution in [0.25, 0.3) is 0 Å². The standard InChI is InChI=1S/C13H25NOS/c1-3-4-5-6-12(15)13(14-2)11-7-9-16-10-8-11/h11,13-14H,3-10H2,1-2H3. The summed E-state index contributed by atoms with van der Waals surface area (Å²) < 4.78 is 0. The van der Waals surface area contributed by atoms with Crippen molar-refractivity contribution < 1.29 is 4.79 Å². The zero-order valence-corrected chi connectivity index (χ0v) is 11.4. The van der Waals surface area contributed by atoms with Gasteiger partial charge in [0, 0.05) is 6.42 Å². The molecule has 0 saturated carbocycles. The van der Waals surface area contributed by atoms with E-state index in [1.54, 1.807) is 0 Å². The smallest absolute Gasteiger partial charge is 0.150 e. The van der Waals surface area contributed by atoms with Crippen molar-refractivity contribution in [3.63, 3.8) is 0 Å². The molecule has 1 unspecified atom stereocenters. The molecule has 16 heavy (non-hydrogen) atoms. The number of carbonyl (C=O) groups is 1. The van der Waals surface area contributed by atoms with Crippen LogP contribution in [0.2, 0.25) is 0 Å². The molecule has 0 aromatic rings. The SMILES string of the molecule is CCCCCC(=O)C(NC)C1CCSCC1. The van der Waals surface area contributed by atoms with Gasteiger partial charge in [0.05, 0.1) is 6.04 Å². The first kappa shape index (κ1) is 14.0. The van der Waals surface area contributed by atoms with Crippen LogP contribution in [0.15, 0.2) is 0 Å². The second-order valence-corrected chi connectivity index (χ2v) is 5.86. The summed E-state index contributed by atoms with van der Waals surface area (Å²) in [6.45, 7) is 2.18. The van der Waals surface area contributed by atoms with Crippen molar-refractivity contribution in [3.8, 4) is 0 Å². The van der Waals surface area contributed by atoms with Crippen molar-refractivity contribution >= 4 is 17.5 Å². The van der Waals surface area contributed by atoms with Crippen molar-refractivity contribution in [2.45, 2.75) is 51.5 Å². The van der Waals surface area contributed by atoms with Crippen molar-refractivity contribution in [1.29, 1.82) is 0 Å². The zero-order valence-electron chi connectivity index (χ0n) is 10.6. The summed E-state index contributed by atoms with van der Waals surface area (Å²) >= 11 is 2.02. The molecule has 0 aromatic heterocycles. The maximum absolute atomic E-state index is 12.1. The molecule has 2 nitrogen and oxygen atoms in total. The highest BCUT2D eigenvalue weighted by molar-refractivity contribution is 7.99. The van der Waals surface area contributed by atoms with E-state index in [1.807, 2.05) is 18.8 Å². The molecule has 3 heteroatoms. The summed E-state index contributed by atoms with van der Waals surface area (Å²) in [4.78, 5) is 12.1. The van der Waals surface area contributed by atoms with Gasteiger partial charge < -0.3 is 5.32 Å². The fourth-order valence-corrected chi connectivity index (χ4v) is 3.56. The number of thioether (sulfide) groups is 1. The largest absolute Gasteiger partial charge is 0.310 e. The number of hydrogen-bond donors (Lipinski definition) is 1. The average Bonchev–Trinajstić information content (AvgIpc) is 2.32. The third-order valence-electron chi connectivity index (χ3n) is 3.42. The Balaban J connectivity index is 2.35. The number of ketones is 1. The normalized spacial score (nSPS) is 19.6. The van der Waals surface area contributed by atoms with Crippen LogP contribution in [-0.2, 0) is 4.79 Å². The molecule has 0 bridgehead atoms. The first-order valence-corrected chi connectivity index (χ1v) is 7.72. The molecule has 1 rings (SSSR count). The van der Waals surface area contributed by atoms with Crippen molar-refractivity contribution in [3.05, 3.63) is 0 Å². The van der Waals surface area contributed by atoms with Gasteiger partial charge in [0.2, 0.25) is 0 Å². The Morgan fingerprint density at radius 2 is 2.06 bits per heavy atom. The Hall–Kier alpha value is -0.0200. The van der Waals surface area contributed by atoms with Crippen LogP contribution in [-0.4, -0.2) is 30.4 Å². The monoisotopic (exact) mass is 243 g/mol. The molecule has 0 aromatic carbocycles. The van der Waals surface area contributed by atoms with Gasteiger partial charge in [-0.05, 0) is 43.7 Å². The number of nitrogens with one attached hydrogen (secondary N) is 1. The molecule has 0 aliphatic carbocycles. The lowest BCUT2D eigenvalue weighted by atomic mass is 9.89. The molecule has 0 radical (unpaired) electrons. The van der Waals surface area contributed by atoms with E-state index in [0.717, 1.165) is 12.8 Å². The summed E-state index contributed by atoms with van der Waals surface area (Å²) in [5, 5.41) is 3.24. The maximum Gasteiger partial charge on any atom is 0.150 e. The quantitative estimate of drug-likeness (QED) is 0.697. The maximum atomic E-state index is 12.1. The molecule has 1 aliphatic rings. The summed E-state index contributed by atoms with van der Waals surface area (Å²) in [6.07, 6.45) is 6.61. The van der Waals surface area contributed by atoms with Crippen LogP contribution < -0.4 is 5.32 Å². The lowest BCUT2D eigenvalue weighted by Gasteiger charge is -2.28. The van der Waals surface area contributed by atoms with E-state index in [4.69, 9.17) is 0 Å². The molecular weight excluding hydrogens is 218 g/mol. The number of hydrogen-bond acceptors (Lipinski definition) is 3. The van der Waals surface area contributed by atoms with Gasteiger partial charge in [0.15, 0.2) is 0 Å². The Labute approximate surface area is 104 Å². The summed E-state index contributed by atoms with van der Waals surface area (Å²) in [5.74, 6) is 3.48. The highest BCUT2D eigenvalue weighted by atomic mass is 32.2. The molecule has 0 amide bonds. The van der Waals surface area contributed by atoms with Gasteiger partial charge in [0.25, 0.3) is 0 Å². The lowest BCUT2D eigenvalue weighted by Crippen LogP contribution is -2.42. The fourth-order valence-electron chi connectivity index (χ4n) is 2.41. The molecule has 94 valence electrons. The number of likely N-dealkylation sites (N-methyl/N-ethyl adjacent to an activating group) is 1. The van der Waals surface area contributed by atoms with Crippen LogP contribution >= 0.6 is 11.8 Å². The third-order valence-corrected chi connectivity index (χ3v) is 4.47. The predicted molar refractivity (Wildman–Crippen MR) is 72.0 cm³/mol. The van der Waals surface area contributed by atoms with Gasteiger partial charge in [-0.2, -0.15) is 11.8 Å². The van der Waals surface area contributed by atoms with Crippen LogP contribution in [0.4, 0.5) is 0 Å². The Kier molecular flexibility index (Phi) is 7.13. The number of rotatable bonds is 7. The minimum absolute atomic E-state index is 0.123. The predicted octanol–water partition coefficient (Wildman–Crippen LogP) is 2.87. The summed E-state index contributed by atoms with van der Waals surface area (Å²) in [6, 6.07) is 0.123. The second-order valence-electron chi connectivity index (χ2n) is 4.64. The number of Topliss-reactive ketones (excluding diaryl/α,β-unsaturated/α-hetero) is 1. The second kappa shape index (κ2) is 8.13. The Morgan fingerprint density at radius 3 is 2.62 bits per heavy atom. The Morgan fingerprint density at radius 1 is 1.38 bits per heavy atom. The molecule has 1 aliphatic heterocycles. The van der Waals surface area contributed by atoms with Crippen molar-refractivity contribution in [1.82, 2.24) is 5.32 Å². The highest BCUT2D eigenvalue weighted by Crippen LogP contribution is 2.26. The molecule has 1 saturated heterocycles. The molecule has 1 atom stereocenters. The highest BCUT2D eigenvalue weighted by Gasteiger charge is 2.27. The van der Waals surface area contributed by atoms with Gasteiger partial charge in [0.1, 0.15) is 5.78 Å². The zero-order chi connectivity index (χ0) is 11.8. The van der Waals surface area contributed by atoms with E-state index in [1.165, 1.54) is 37.2 Å². The van der Waals surface area contributed by atoms with E-state index >= 15 is 0 Å². The molecule has 1 fully saturated rings. The van der Waals surface area contributed by atoms with Crippen LogP contribution in [0.5, 0.6) is 0 Å². The third kappa shape index (κ3) is 4.46. The van der Waals surface area contributed by atoms with E-state index < -0.39 is 0 Å². The van der Waals surface area contributed by atoms with Crippen molar-refractivity contribution in [2.24, 2.45) is 5.92 Å². The molecule has 0 spiro atoms. The molecule has 1 heterocycles. The van der Waals surface area contributed by atoms with Gasteiger partial charge in [-0.15, -0.1) is 0 Å². The first-order chi connectivity index (χ1) is 7.79. The van der Waals surface area contributed by atoms with Gasteiger partial charge in [-0.25, -0.2) is 0 Å². The number of unbranched alkanes of at least 4 members (excludes halogenated alkanes) is 2.